The molecule has 1 fully saturated rings. The summed E-state index contributed by atoms with van der Waals surface area (Å²) in [5.41, 5.74) is 1.32. The first-order chi connectivity index (χ1) is 18.2. The molecule has 38 heavy (non-hydrogen) atoms. The zero-order chi connectivity index (χ0) is 27.4. The van der Waals surface area contributed by atoms with Gasteiger partial charge in [0.05, 0.1) is 18.7 Å². The SMILES string of the molecule is CCOC(=O)C1=C(CN2CC(F)C(CN(C)CC(=O)O)C2)NC(c2nccs2)=NC1c1ccc(F)cc1Br. The fraction of sp³-hybridized carbons (Fsp3) is 0.440. The lowest BCUT2D eigenvalue weighted by molar-refractivity contribution is -0.139. The van der Waals surface area contributed by atoms with Gasteiger partial charge >= 0.3 is 11.9 Å². The van der Waals surface area contributed by atoms with E-state index in [4.69, 9.17) is 14.8 Å². The van der Waals surface area contributed by atoms with Crippen molar-refractivity contribution in [1.29, 1.82) is 0 Å². The number of alkyl halides is 1. The van der Waals surface area contributed by atoms with Crippen molar-refractivity contribution in [2.75, 3.05) is 46.4 Å². The number of aromatic nitrogens is 1. The van der Waals surface area contributed by atoms with Crippen molar-refractivity contribution in [2.45, 2.75) is 19.1 Å². The number of esters is 1. The third-order valence-corrected chi connectivity index (χ3v) is 7.75. The molecule has 0 amide bonds. The highest BCUT2D eigenvalue weighted by molar-refractivity contribution is 9.10. The molecule has 2 aliphatic rings. The number of aliphatic carboxylic acids is 1. The normalized spacial score (nSPS) is 21.9. The number of carbonyl (C=O) groups is 2. The van der Waals surface area contributed by atoms with Crippen molar-refractivity contribution in [1.82, 2.24) is 20.1 Å². The van der Waals surface area contributed by atoms with Gasteiger partial charge in [0.1, 0.15) is 18.0 Å². The lowest BCUT2D eigenvalue weighted by Gasteiger charge is -2.29. The summed E-state index contributed by atoms with van der Waals surface area (Å²) in [6.45, 7) is 2.66. The number of thiazole rings is 1. The van der Waals surface area contributed by atoms with Crippen LogP contribution in [0.2, 0.25) is 0 Å². The highest BCUT2D eigenvalue weighted by Crippen LogP contribution is 2.37. The first-order valence-electron chi connectivity index (χ1n) is 12.0. The van der Waals surface area contributed by atoms with E-state index in [0.29, 0.717) is 33.1 Å². The van der Waals surface area contributed by atoms with Crippen LogP contribution in [0.4, 0.5) is 8.78 Å². The van der Waals surface area contributed by atoms with Gasteiger partial charge in [0, 0.05) is 53.8 Å². The monoisotopic (exact) mass is 611 g/mol. The molecule has 9 nitrogen and oxygen atoms in total. The molecule has 3 heterocycles. The first-order valence-corrected chi connectivity index (χ1v) is 13.7. The number of likely N-dealkylation sites (tertiary alicyclic amines) is 1. The minimum Gasteiger partial charge on any atom is -0.480 e. The molecule has 1 aromatic carbocycles. The van der Waals surface area contributed by atoms with Crippen LogP contribution in [0.25, 0.3) is 0 Å². The van der Waals surface area contributed by atoms with Crippen LogP contribution < -0.4 is 5.32 Å². The van der Waals surface area contributed by atoms with E-state index >= 15 is 0 Å². The van der Waals surface area contributed by atoms with Crippen molar-refractivity contribution in [2.24, 2.45) is 10.9 Å². The van der Waals surface area contributed by atoms with Crippen molar-refractivity contribution in [3.05, 3.63) is 61.9 Å². The molecule has 0 bridgehead atoms. The molecule has 0 aliphatic carbocycles. The summed E-state index contributed by atoms with van der Waals surface area (Å²) in [7, 11) is 1.65. The van der Waals surface area contributed by atoms with Crippen LogP contribution in [0.5, 0.6) is 0 Å². The van der Waals surface area contributed by atoms with Gasteiger partial charge in [-0.05, 0) is 31.7 Å². The molecular formula is C25H28BrF2N5O4S. The van der Waals surface area contributed by atoms with Crippen LogP contribution in [0.1, 0.15) is 23.5 Å². The Kier molecular flexibility index (Phi) is 9.23. The van der Waals surface area contributed by atoms with Gasteiger partial charge in [0.15, 0.2) is 10.8 Å². The summed E-state index contributed by atoms with van der Waals surface area (Å²) < 4.78 is 34.7. The summed E-state index contributed by atoms with van der Waals surface area (Å²) in [6, 6.07) is 3.36. The molecule has 2 aliphatic heterocycles. The van der Waals surface area contributed by atoms with Gasteiger partial charge < -0.3 is 15.2 Å². The van der Waals surface area contributed by atoms with E-state index in [-0.39, 0.29) is 44.3 Å². The molecule has 2 N–H and O–H groups in total. The second-order valence-corrected chi connectivity index (χ2v) is 10.9. The van der Waals surface area contributed by atoms with Gasteiger partial charge in [-0.3, -0.25) is 19.6 Å². The minimum atomic E-state index is -1.16. The number of hydrogen-bond acceptors (Lipinski definition) is 9. The molecule has 0 saturated carbocycles. The molecule has 3 unspecified atom stereocenters. The summed E-state index contributed by atoms with van der Waals surface area (Å²) in [5.74, 6) is -1.93. The number of carbonyl (C=O) groups excluding carboxylic acids is 1. The van der Waals surface area contributed by atoms with E-state index < -0.39 is 30.0 Å². The van der Waals surface area contributed by atoms with Gasteiger partial charge in [-0.15, -0.1) is 11.3 Å². The minimum absolute atomic E-state index is 0.126. The second-order valence-electron chi connectivity index (χ2n) is 9.18. The van der Waals surface area contributed by atoms with Crippen molar-refractivity contribution in [3.63, 3.8) is 0 Å². The Labute approximate surface area is 231 Å². The standard InChI is InChI=1S/C25H28BrF2N5O4S/c1-3-37-25(36)21-19(12-33-10-14(18(28)11-33)9-32(2)13-20(34)35)30-23(24-29-6-7-38-24)31-22(21)16-5-4-15(27)8-17(16)26/h4-8,14,18,22H,3,9-13H2,1-2H3,(H,30,31)(H,34,35). The number of rotatable bonds is 10. The van der Waals surface area contributed by atoms with Crippen molar-refractivity contribution >= 4 is 45.0 Å². The highest BCUT2D eigenvalue weighted by Gasteiger charge is 2.38. The summed E-state index contributed by atoms with van der Waals surface area (Å²) in [5, 5.41) is 14.7. The van der Waals surface area contributed by atoms with E-state index in [2.05, 4.69) is 26.2 Å². The third kappa shape index (κ3) is 6.63. The summed E-state index contributed by atoms with van der Waals surface area (Å²) >= 11 is 4.78. The highest BCUT2D eigenvalue weighted by atomic mass is 79.9. The quantitative estimate of drug-likeness (QED) is 0.394. The topological polar surface area (TPSA) is 107 Å². The molecule has 1 saturated heterocycles. The zero-order valence-corrected chi connectivity index (χ0v) is 23.3. The molecule has 204 valence electrons. The fourth-order valence-corrected chi connectivity index (χ4v) is 5.86. The number of benzene rings is 1. The lowest BCUT2D eigenvalue weighted by Crippen LogP contribution is -2.39. The van der Waals surface area contributed by atoms with Gasteiger partial charge in [-0.2, -0.15) is 0 Å². The van der Waals surface area contributed by atoms with Crippen molar-refractivity contribution in [3.8, 4) is 0 Å². The smallest absolute Gasteiger partial charge is 0.338 e. The average Bonchev–Trinajstić information content (AvgIpc) is 3.48. The number of hydrogen-bond donors (Lipinski definition) is 2. The number of carboxylic acid groups (broad SMARTS) is 1. The molecule has 13 heteroatoms. The van der Waals surface area contributed by atoms with E-state index in [9.17, 15) is 18.4 Å². The largest absolute Gasteiger partial charge is 0.480 e. The predicted molar refractivity (Wildman–Crippen MR) is 142 cm³/mol. The molecule has 4 rings (SSSR count). The molecule has 0 spiro atoms. The van der Waals surface area contributed by atoms with Crippen LogP contribution in [0.15, 0.2) is 50.5 Å². The molecule has 3 atom stereocenters. The number of ether oxygens (including phenoxy) is 1. The molecule has 1 aromatic heterocycles. The summed E-state index contributed by atoms with van der Waals surface area (Å²) in [4.78, 5) is 36.9. The fourth-order valence-electron chi connectivity index (χ4n) is 4.70. The third-order valence-electron chi connectivity index (χ3n) is 6.28. The molecule has 2 aromatic rings. The number of halogens is 3. The van der Waals surface area contributed by atoms with Crippen molar-refractivity contribution < 1.29 is 28.2 Å². The number of nitrogens with zero attached hydrogens (tertiary/aromatic N) is 4. The number of likely N-dealkylation sites (N-methyl/N-ethyl adjacent to an activating group) is 1. The van der Waals surface area contributed by atoms with Crippen LogP contribution in [0, 0.1) is 11.7 Å². The van der Waals surface area contributed by atoms with Gasteiger partial charge in [-0.25, -0.2) is 18.6 Å². The average molecular weight is 612 g/mol. The lowest BCUT2D eigenvalue weighted by atomic mass is 9.95. The maximum absolute atomic E-state index is 15.0. The van der Waals surface area contributed by atoms with E-state index in [1.807, 2.05) is 4.90 Å². The number of amidine groups is 1. The zero-order valence-electron chi connectivity index (χ0n) is 20.9. The van der Waals surface area contributed by atoms with Gasteiger partial charge in [0.2, 0.25) is 0 Å². The number of aliphatic imine (C=N–C) groups is 1. The Balaban J connectivity index is 1.68. The van der Waals surface area contributed by atoms with Crippen LogP contribution in [0.3, 0.4) is 0 Å². The Bertz CT molecular complexity index is 1240. The van der Waals surface area contributed by atoms with Crippen LogP contribution in [-0.4, -0.2) is 90.2 Å². The number of nitrogens with one attached hydrogen (secondary N) is 1. The van der Waals surface area contributed by atoms with E-state index in [1.54, 1.807) is 36.5 Å². The van der Waals surface area contributed by atoms with E-state index in [0.717, 1.165) is 0 Å². The maximum atomic E-state index is 15.0. The first kappa shape index (κ1) is 28.3. The Morgan fingerprint density at radius 2 is 2.16 bits per heavy atom. The van der Waals surface area contributed by atoms with E-state index in [1.165, 1.54) is 23.5 Å². The van der Waals surface area contributed by atoms with Gasteiger partial charge in [0.25, 0.3) is 0 Å². The predicted octanol–water partition coefficient (Wildman–Crippen LogP) is 3.24. The molecule has 0 radical (unpaired) electrons. The van der Waals surface area contributed by atoms with Crippen LogP contribution >= 0.6 is 27.3 Å². The molecular weight excluding hydrogens is 584 g/mol. The maximum Gasteiger partial charge on any atom is 0.338 e. The van der Waals surface area contributed by atoms with Crippen LogP contribution in [-0.2, 0) is 14.3 Å². The summed E-state index contributed by atoms with van der Waals surface area (Å²) in [6.07, 6.45) is 0.486. The second kappa shape index (κ2) is 12.4. The Morgan fingerprint density at radius 3 is 2.82 bits per heavy atom. The van der Waals surface area contributed by atoms with Gasteiger partial charge in [-0.1, -0.05) is 22.0 Å². The Morgan fingerprint density at radius 1 is 1.37 bits per heavy atom. The number of carboxylic acids is 1. The Hall–Kier alpha value is -2.74.